The molecule has 0 amide bonds. The molecule has 0 unspecified atom stereocenters. The number of benzene rings is 1. The third kappa shape index (κ3) is 2.35. The first-order chi connectivity index (χ1) is 10.8. The van der Waals surface area contributed by atoms with E-state index in [2.05, 4.69) is 33.0 Å². The van der Waals surface area contributed by atoms with Crippen LogP contribution in [0.15, 0.2) is 59.7 Å². The lowest BCUT2D eigenvalue weighted by Gasteiger charge is -2.04. The molecule has 0 radical (unpaired) electrons. The summed E-state index contributed by atoms with van der Waals surface area (Å²) in [6, 6.07) is 9.33. The highest BCUT2D eigenvalue weighted by molar-refractivity contribution is 7.08. The Morgan fingerprint density at radius 2 is 1.82 bits per heavy atom. The molecule has 1 aromatic carbocycles. The van der Waals surface area contributed by atoms with Crippen LogP contribution < -0.4 is 0 Å². The molecule has 3 aromatic heterocycles. The van der Waals surface area contributed by atoms with Crippen molar-refractivity contribution in [3.8, 4) is 16.9 Å². The molecule has 0 bridgehead atoms. The van der Waals surface area contributed by atoms with Crippen molar-refractivity contribution in [2.75, 3.05) is 0 Å². The maximum atomic E-state index is 9.37. The Morgan fingerprint density at radius 3 is 2.59 bits per heavy atom. The summed E-state index contributed by atoms with van der Waals surface area (Å²) < 4.78 is 2.03. The summed E-state index contributed by atoms with van der Waals surface area (Å²) in [5.74, 6) is 0.982. The molecule has 0 atom stereocenters. The third-order valence-corrected chi connectivity index (χ3v) is 4.30. The van der Waals surface area contributed by atoms with E-state index in [-0.39, 0.29) is 5.75 Å². The summed E-state index contributed by atoms with van der Waals surface area (Å²) in [5, 5.41) is 13.5. The van der Waals surface area contributed by atoms with Crippen LogP contribution in [0.3, 0.4) is 0 Å². The van der Waals surface area contributed by atoms with E-state index < -0.39 is 0 Å². The van der Waals surface area contributed by atoms with Gasteiger partial charge in [-0.3, -0.25) is 4.40 Å². The Labute approximate surface area is 131 Å². The number of aromatic nitrogens is 3. The van der Waals surface area contributed by atoms with Gasteiger partial charge in [-0.05, 0) is 40.1 Å². The molecule has 22 heavy (non-hydrogen) atoms. The minimum Gasteiger partial charge on any atom is -0.508 e. The van der Waals surface area contributed by atoms with Crippen LogP contribution in [0.1, 0.15) is 11.3 Å². The Morgan fingerprint density at radius 1 is 1.00 bits per heavy atom. The van der Waals surface area contributed by atoms with E-state index in [4.69, 9.17) is 0 Å². The van der Waals surface area contributed by atoms with Gasteiger partial charge in [0, 0.05) is 30.1 Å². The number of aromatic hydroxyl groups is 1. The lowest BCUT2D eigenvalue weighted by atomic mass is 10.1. The predicted molar refractivity (Wildman–Crippen MR) is 87.2 cm³/mol. The van der Waals surface area contributed by atoms with Gasteiger partial charge in [0.25, 0.3) is 0 Å². The van der Waals surface area contributed by atoms with Gasteiger partial charge in [0.15, 0.2) is 0 Å². The summed E-state index contributed by atoms with van der Waals surface area (Å²) in [7, 11) is 0. The van der Waals surface area contributed by atoms with Gasteiger partial charge in [0.05, 0.1) is 6.20 Å². The first-order valence-electron chi connectivity index (χ1n) is 6.92. The molecule has 5 heteroatoms. The van der Waals surface area contributed by atoms with Gasteiger partial charge in [-0.25, -0.2) is 9.97 Å². The quantitative estimate of drug-likeness (QED) is 0.627. The molecule has 3 heterocycles. The lowest BCUT2D eigenvalue weighted by Crippen LogP contribution is -1.96. The molecule has 4 rings (SSSR count). The summed E-state index contributed by atoms with van der Waals surface area (Å²) in [4.78, 5) is 8.79. The van der Waals surface area contributed by atoms with E-state index in [0.29, 0.717) is 5.78 Å². The standard InChI is InChI=1S/C17H13N3OS/c21-16-3-1-12(2-4-16)7-15-9-19-17-18-8-14(10-20(15)17)13-5-6-22-11-13/h1-6,8-11,21H,7H2. The summed E-state index contributed by atoms with van der Waals surface area (Å²) in [6.07, 6.45) is 6.53. The van der Waals surface area contributed by atoms with E-state index in [1.165, 1.54) is 5.56 Å². The SMILES string of the molecule is Oc1ccc(Cc2cnc3ncc(-c4ccsc4)cn23)cc1. The topological polar surface area (TPSA) is 50.4 Å². The largest absolute Gasteiger partial charge is 0.508 e. The highest BCUT2D eigenvalue weighted by Crippen LogP contribution is 2.22. The number of hydrogen-bond acceptors (Lipinski definition) is 4. The Bertz CT molecular complexity index is 911. The van der Waals surface area contributed by atoms with E-state index in [0.717, 1.165) is 23.2 Å². The van der Waals surface area contributed by atoms with Crippen molar-refractivity contribution < 1.29 is 5.11 Å². The minimum absolute atomic E-state index is 0.281. The van der Waals surface area contributed by atoms with Gasteiger partial charge in [0.1, 0.15) is 5.75 Å². The second-order valence-electron chi connectivity index (χ2n) is 5.12. The maximum absolute atomic E-state index is 9.37. The van der Waals surface area contributed by atoms with Crippen LogP contribution in [0.4, 0.5) is 0 Å². The van der Waals surface area contributed by atoms with Crippen LogP contribution in [0.5, 0.6) is 5.75 Å². The fraction of sp³-hybridized carbons (Fsp3) is 0.0588. The van der Waals surface area contributed by atoms with Gasteiger partial charge in [-0.1, -0.05) is 12.1 Å². The molecule has 1 N–H and O–H groups in total. The summed E-state index contributed by atoms with van der Waals surface area (Å²) in [5.41, 5.74) is 4.45. The first-order valence-corrected chi connectivity index (χ1v) is 7.86. The molecule has 0 saturated carbocycles. The van der Waals surface area contributed by atoms with E-state index in [9.17, 15) is 5.11 Å². The van der Waals surface area contributed by atoms with E-state index in [1.807, 2.05) is 28.9 Å². The second-order valence-corrected chi connectivity index (χ2v) is 5.90. The molecule has 4 nitrogen and oxygen atoms in total. The molecule has 108 valence electrons. The molecular formula is C17H13N3OS. The van der Waals surface area contributed by atoms with Crippen LogP contribution in [-0.4, -0.2) is 19.5 Å². The summed E-state index contributed by atoms with van der Waals surface area (Å²) >= 11 is 1.67. The zero-order valence-corrected chi connectivity index (χ0v) is 12.5. The minimum atomic E-state index is 0.281. The Balaban J connectivity index is 1.74. The van der Waals surface area contributed by atoms with E-state index in [1.54, 1.807) is 23.5 Å². The second kappa shape index (κ2) is 5.27. The van der Waals surface area contributed by atoms with Crippen molar-refractivity contribution in [2.45, 2.75) is 6.42 Å². The molecule has 0 aliphatic carbocycles. The number of thiophene rings is 1. The average molecular weight is 307 g/mol. The van der Waals surface area contributed by atoms with Crippen LogP contribution in [0, 0.1) is 0 Å². The van der Waals surface area contributed by atoms with Crippen LogP contribution in [0.25, 0.3) is 16.9 Å². The smallest absolute Gasteiger partial charge is 0.233 e. The van der Waals surface area contributed by atoms with Gasteiger partial charge in [0.2, 0.25) is 5.78 Å². The number of hydrogen-bond donors (Lipinski definition) is 1. The Kier molecular flexibility index (Phi) is 3.12. The fourth-order valence-electron chi connectivity index (χ4n) is 2.45. The number of fused-ring (bicyclic) bond motifs is 1. The van der Waals surface area contributed by atoms with Crippen molar-refractivity contribution in [1.82, 2.24) is 14.4 Å². The monoisotopic (exact) mass is 307 g/mol. The maximum Gasteiger partial charge on any atom is 0.233 e. The number of imidazole rings is 1. The molecular weight excluding hydrogens is 294 g/mol. The van der Waals surface area contributed by atoms with Gasteiger partial charge in [-0.15, -0.1) is 0 Å². The third-order valence-electron chi connectivity index (χ3n) is 3.62. The van der Waals surface area contributed by atoms with Crippen LogP contribution in [-0.2, 0) is 6.42 Å². The number of rotatable bonds is 3. The average Bonchev–Trinajstić information content (AvgIpc) is 3.19. The molecule has 0 spiro atoms. The zero-order valence-electron chi connectivity index (χ0n) is 11.7. The number of phenolic OH excluding ortho intramolecular Hbond substituents is 1. The molecule has 0 fully saturated rings. The van der Waals surface area contributed by atoms with Gasteiger partial charge >= 0.3 is 0 Å². The van der Waals surface area contributed by atoms with Crippen molar-refractivity contribution in [2.24, 2.45) is 0 Å². The number of nitrogens with zero attached hydrogens (tertiary/aromatic N) is 3. The van der Waals surface area contributed by atoms with Crippen molar-refractivity contribution >= 4 is 17.1 Å². The predicted octanol–water partition coefficient (Wildman–Crippen LogP) is 3.75. The lowest BCUT2D eigenvalue weighted by molar-refractivity contribution is 0.475. The van der Waals surface area contributed by atoms with Crippen molar-refractivity contribution in [1.29, 1.82) is 0 Å². The fourth-order valence-corrected chi connectivity index (χ4v) is 3.12. The molecule has 0 aliphatic heterocycles. The zero-order chi connectivity index (χ0) is 14.9. The molecule has 0 saturated heterocycles. The Hall–Kier alpha value is -2.66. The van der Waals surface area contributed by atoms with Crippen molar-refractivity contribution in [3.63, 3.8) is 0 Å². The molecule has 4 aromatic rings. The van der Waals surface area contributed by atoms with Crippen LogP contribution in [0.2, 0.25) is 0 Å². The van der Waals surface area contributed by atoms with Crippen LogP contribution >= 0.6 is 11.3 Å². The highest BCUT2D eigenvalue weighted by atomic mass is 32.1. The van der Waals surface area contributed by atoms with Gasteiger partial charge < -0.3 is 5.11 Å². The first kappa shape index (κ1) is 13.0. The van der Waals surface area contributed by atoms with Crippen molar-refractivity contribution in [3.05, 3.63) is 70.9 Å². The normalized spacial score (nSPS) is 11.1. The summed E-state index contributed by atoms with van der Waals surface area (Å²) in [6.45, 7) is 0. The van der Waals surface area contributed by atoms with Gasteiger partial charge in [-0.2, -0.15) is 11.3 Å². The number of phenols is 1. The van der Waals surface area contributed by atoms with E-state index >= 15 is 0 Å². The highest BCUT2D eigenvalue weighted by Gasteiger charge is 2.08. The molecule has 0 aliphatic rings.